The first-order valence-electron chi connectivity index (χ1n) is 3.70. The Labute approximate surface area is 87.3 Å². The highest BCUT2D eigenvalue weighted by atomic mass is 32.2. The van der Waals surface area contributed by atoms with Crippen LogP contribution in [0.15, 0.2) is 17.3 Å². The summed E-state index contributed by atoms with van der Waals surface area (Å²) in [4.78, 5) is 14.1. The summed E-state index contributed by atoms with van der Waals surface area (Å²) in [6.07, 6.45) is -2.41. The topological polar surface area (TPSA) is 50.2 Å². The van der Waals surface area contributed by atoms with Gasteiger partial charge in [-0.2, -0.15) is 13.2 Å². The number of carboxylic acid groups (broad SMARTS) is 1. The fourth-order valence-corrected chi connectivity index (χ4v) is 1.45. The highest BCUT2D eigenvalue weighted by molar-refractivity contribution is 7.98. The summed E-state index contributed by atoms with van der Waals surface area (Å²) in [6.45, 7) is 0. The normalized spacial score (nSPS) is 11.5. The third-order valence-electron chi connectivity index (χ3n) is 1.60. The number of carbonyl (C=O) groups is 1. The lowest BCUT2D eigenvalue weighted by molar-refractivity contribution is -0.137. The lowest BCUT2D eigenvalue weighted by Gasteiger charge is -2.08. The molecule has 0 aliphatic carbocycles. The minimum absolute atomic E-state index is 0.0653. The Hall–Kier alpha value is -1.24. The molecule has 0 radical (unpaired) electrons. The predicted octanol–water partition coefficient (Wildman–Crippen LogP) is 2.52. The lowest BCUT2D eigenvalue weighted by Crippen LogP contribution is -2.09. The van der Waals surface area contributed by atoms with Crippen LogP contribution in [0.25, 0.3) is 0 Å². The molecule has 0 saturated heterocycles. The Morgan fingerprint density at radius 3 is 2.53 bits per heavy atom. The summed E-state index contributed by atoms with van der Waals surface area (Å²) in [5.41, 5.74) is -1.49. The highest BCUT2D eigenvalue weighted by Crippen LogP contribution is 2.31. The summed E-state index contributed by atoms with van der Waals surface area (Å²) < 4.78 is 36.7. The Balaban J connectivity index is 3.28. The van der Waals surface area contributed by atoms with Crippen LogP contribution < -0.4 is 0 Å². The van der Waals surface area contributed by atoms with Crippen molar-refractivity contribution < 1.29 is 23.1 Å². The average molecular weight is 237 g/mol. The minimum Gasteiger partial charge on any atom is -0.478 e. The zero-order valence-corrected chi connectivity index (χ0v) is 8.32. The minimum atomic E-state index is -4.58. The average Bonchev–Trinajstić information content (AvgIpc) is 2.15. The number of aromatic carboxylic acids is 1. The van der Waals surface area contributed by atoms with Crippen LogP contribution in [0, 0.1) is 0 Å². The number of pyridine rings is 1. The Morgan fingerprint density at radius 2 is 2.13 bits per heavy atom. The molecule has 0 aromatic carbocycles. The number of alkyl halides is 3. The van der Waals surface area contributed by atoms with Gasteiger partial charge in [0.1, 0.15) is 5.03 Å². The maximum Gasteiger partial charge on any atom is 0.417 e. The van der Waals surface area contributed by atoms with E-state index in [1.165, 1.54) is 0 Å². The van der Waals surface area contributed by atoms with E-state index in [0.29, 0.717) is 12.3 Å². The summed E-state index contributed by atoms with van der Waals surface area (Å²) in [6, 6.07) is 0.584. The standard InChI is InChI=1S/C8H6F3NO2S/c1-15-6-5(7(13)14)2-4(3-12-6)8(9,10)11/h2-3H,1H3,(H,13,14). The van der Waals surface area contributed by atoms with Gasteiger partial charge >= 0.3 is 12.1 Å². The monoisotopic (exact) mass is 237 g/mol. The number of thioether (sulfide) groups is 1. The van der Waals surface area contributed by atoms with E-state index in [0.717, 1.165) is 11.8 Å². The van der Waals surface area contributed by atoms with Gasteiger partial charge in [-0.05, 0) is 12.3 Å². The molecule has 1 heterocycles. The van der Waals surface area contributed by atoms with Crippen molar-refractivity contribution in [1.82, 2.24) is 4.98 Å². The molecule has 0 bridgehead atoms. The number of carboxylic acids is 1. The molecule has 0 unspecified atom stereocenters. The van der Waals surface area contributed by atoms with E-state index in [-0.39, 0.29) is 5.03 Å². The van der Waals surface area contributed by atoms with Crippen LogP contribution in [0.5, 0.6) is 0 Å². The molecule has 1 rings (SSSR count). The van der Waals surface area contributed by atoms with Crippen LogP contribution in [0.4, 0.5) is 13.2 Å². The van der Waals surface area contributed by atoms with Crippen molar-refractivity contribution in [2.75, 3.05) is 6.26 Å². The molecule has 15 heavy (non-hydrogen) atoms. The first-order valence-corrected chi connectivity index (χ1v) is 4.93. The van der Waals surface area contributed by atoms with E-state index in [4.69, 9.17) is 5.11 Å². The summed E-state index contributed by atoms with van der Waals surface area (Å²) in [5.74, 6) is -1.42. The summed E-state index contributed by atoms with van der Waals surface area (Å²) in [7, 11) is 0. The highest BCUT2D eigenvalue weighted by Gasteiger charge is 2.32. The van der Waals surface area contributed by atoms with Gasteiger partial charge in [0.05, 0.1) is 11.1 Å². The van der Waals surface area contributed by atoms with E-state index < -0.39 is 23.3 Å². The number of halogens is 3. The van der Waals surface area contributed by atoms with Crippen LogP contribution in [0.2, 0.25) is 0 Å². The molecular formula is C8H6F3NO2S. The van der Waals surface area contributed by atoms with Crippen LogP contribution in [0.3, 0.4) is 0 Å². The molecule has 0 spiro atoms. The van der Waals surface area contributed by atoms with Gasteiger partial charge in [-0.3, -0.25) is 0 Å². The number of aromatic nitrogens is 1. The van der Waals surface area contributed by atoms with Crippen LogP contribution in [-0.4, -0.2) is 22.3 Å². The molecule has 0 amide bonds. The molecule has 0 saturated carbocycles. The van der Waals surface area contributed by atoms with E-state index in [1.54, 1.807) is 6.26 Å². The smallest absolute Gasteiger partial charge is 0.417 e. The molecule has 82 valence electrons. The molecule has 7 heteroatoms. The van der Waals surface area contributed by atoms with Crippen molar-refractivity contribution in [3.05, 3.63) is 23.4 Å². The Bertz CT molecular complexity index is 392. The van der Waals surface area contributed by atoms with E-state index >= 15 is 0 Å². The molecule has 1 aromatic rings. The predicted molar refractivity (Wildman–Crippen MR) is 48.0 cm³/mol. The first kappa shape index (κ1) is 11.8. The van der Waals surface area contributed by atoms with Gasteiger partial charge in [-0.1, -0.05) is 0 Å². The van der Waals surface area contributed by atoms with E-state index in [2.05, 4.69) is 4.98 Å². The van der Waals surface area contributed by atoms with Gasteiger partial charge in [-0.25, -0.2) is 9.78 Å². The van der Waals surface area contributed by atoms with Crippen LogP contribution >= 0.6 is 11.8 Å². The van der Waals surface area contributed by atoms with Crippen molar-refractivity contribution in [3.63, 3.8) is 0 Å². The third-order valence-corrected chi connectivity index (χ3v) is 2.31. The van der Waals surface area contributed by atoms with Crippen molar-refractivity contribution in [1.29, 1.82) is 0 Å². The van der Waals surface area contributed by atoms with Gasteiger partial charge in [0.25, 0.3) is 0 Å². The molecule has 3 nitrogen and oxygen atoms in total. The maximum atomic E-state index is 12.2. The van der Waals surface area contributed by atoms with Crippen molar-refractivity contribution in [2.24, 2.45) is 0 Å². The second-order valence-electron chi connectivity index (χ2n) is 2.58. The van der Waals surface area contributed by atoms with Gasteiger partial charge in [0, 0.05) is 6.20 Å². The van der Waals surface area contributed by atoms with E-state index in [1.807, 2.05) is 0 Å². The van der Waals surface area contributed by atoms with Crippen molar-refractivity contribution in [2.45, 2.75) is 11.2 Å². The number of hydrogen-bond donors (Lipinski definition) is 1. The van der Waals surface area contributed by atoms with Crippen LogP contribution in [-0.2, 0) is 6.18 Å². The maximum absolute atomic E-state index is 12.2. The van der Waals surface area contributed by atoms with Gasteiger partial charge < -0.3 is 5.11 Å². The van der Waals surface area contributed by atoms with E-state index in [9.17, 15) is 18.0 Å². The van der Waals surface area contributed by atoms with Crippen LogP contribution in [0.1, 0.15) is 15.9 Å². The fraction of sp³-hybridized carbons (Fsp3) is 0.250. The molecule has 1 aromatic heterocycles. The number of rotatable bonds is 2. The number of hydrogen-bond acceptors (Lipinski definition) is 3. The number of nitrogens with zero attached hydrogens (tertiary/aromatic N) is 1. The Kier molecular flexibility index (Phi) is 3.23. The van der Waals surface area contributed by atoms with Gasteiger partial charge in [0.15, 0.2) is 0 Å². The zero-order chi connectivity index (χ0) is 11.6. The van der Waals surface area contributed by atoms with Gasteiger partial charge in [-0.15, -0.1) is 11.8 Å². The Morgan fingerprint density at radius 1 is 1.53 bits per heavy atom. The molecular weight excluding hydrogens is 231 g/mol. The molecule has 0 fully saturated rings. The second-order valence-corrected chi connectivity index (χ2v) is 3.38. The summed E-state index contributed by atoms with van der Waals surface area (Å²) in [5, 5.41) is 8.73. The molecule has 1 N–H and O–H groups in total. The third kappa shape index (κ3) is 2.62. The largest absolute Gasteiger partial charge is 0.478 e. The zero-order valence-electron chi connectivity index (χ0n) is 7.50. The quantitative estimate of drug-likeness (QED) is 0.803. The second kappa shape index (κ2) is 4.09. The van der Waals surface area contributed by atoms with Crippen molar-refractivity contribution in [3.8, 4) is 0 Å². The molecule has 0 aliphatic heterocycles. The summed E-state index contributed by atoms with van der Waals surface area (Å²) >= 11 is 0.984. The fourth-order valence-electron chi connectivity index (χ4n) is 0.923. The first-order chi connectivity index (χ1) is 6.86. The SMILES string of the molecule is CSc1ncc(C(F)(F)F)cc1C(=O)O. The van der Waals surface area contributed by atoms with Gasteiger partial charge in [0.2, 0.25) is 0 Å². The molecule has 0 atom stereocenters. The van der Waals surface area contributed by atoms with Crippen molar-refractivity contribution >= 4 is 17.7 Å². The lowest BCUT2D eigenvalue weighted by atomic mass is 10.2. The molecule has 0 aliphatic rings.